The van der Waals surface area contributed by atoms with Crippen LogP contribution in [0.3, 0.4) is 0 Å². The quantitative estimate of drug-likeness (QED) is 0.860. The van der Waals surface area contributed by atoms with Crippen molar-refractivity contribution in [3.8, 4) is 11.1 Å². The molecule has 1 aromatic carbocycles. The van der Waals surface area contributed by atoms with E-state index in [9.17, 15) is 0 Å². The van der Waals surface area contributed by atoms with E-state index in [2.05, 4.69) is 40.5 Å². The van der Waals surface area contributed by atoms with E-state index in [0.29, 0.717) is 6.10 Å². The zero-order valence-corrected chi connectivity index (χ0v) is 12.1. The second-order valence-corrected chi connectivity index (χ2v) is 5.38. The minimum absolute atomic E-state index is 0.424. The number of rotatable bonds is 3. The molecule has 2 heterocycles. The smallest absolute Gasteiger partial charge is 0.0605 e. The van der Waals surface area contributed by atoms with Gasteiger partial charge in [-0.1, -0.05) is 12.1 Å². The standard InChI is InChI=1S/C16H21N3O/c1-18-12-14(11-17-18)13-4-3-5-15(10-13)19-8-6-16(20-2)7-9-19/h3-5,10-12,16H,6-9H2,1-2H3. The summed E-state index contributed by atoms with van der Waals surface area (Å²) in [6.07, 6.45) is 6.60. The molecule has 4 heteroatoms. The van der Waals surface area contributed by atoms with Crippen molar-refractivity contribution >= 4 is 5.69 Å². The predicted molar refractivity (Wildman–Crippen MR) is 80.9 cm³/mol. The number of benzene rings is 1. The number of methoxy groups -OCH3 is 1. The Hall–Kier alpha value is -1.81. The van der Waals surface area contributed by atoms with Crippen LogP contribution in [-0.4, -0.2) is 36.1 Å². The Kier molecular flexibility index (Phi) is 3.74. The van der Waals surface area contributed by atoms with Crippen molar-refractivity contribution in [2.45, 2.75) is 18.9 Å². The minimum Gasteiger partial charge on any atom is -0.381 e. The van der Waals surface area contributed by atoms with Crippen LogP contribution in [0.4, 0.5) is 5.69 Å². The van der Waals surface area contributed by atoms with Crippen LogP contribution >= 0.6 is 0 Å². The van der Waals surface area contributed by atoms with Crippen LogP contribution < -0.4 is 4.90 Å². The molecule has 0 aliphatic carbocycles. The van der Waals surface area contributed by atoms with Crippen LogP contribution in [0.5, 0.6) is 0 Å². The number of piperidine rings is 1. The van der Waals surface area contributed by atoms with Crippen molar-refractivity contribution < 1.29 is 4.74 Å². The summed E-state index contributed by atoms with van der Waals surface area (Å²) in [4.78, 5) is 2.44. The monoisotopic (exact) mass is 271 g/mol. The molecule has 0 atom stereocenters. The van der Waals surface area contributed by atoms with Crippen LogP contribution in [0.2, 0.25) is 0 Å². The molecule has 4 nitrogen and oxygen atoms in total. The van der Waals surface area contributed by atoms with Crippen LogP contribution in [0.15, 0.2) is 36.7 Å². The molecule has 0 saturated carbocycles. The molecule has 106 valence electrons. The second-order valence-electron chi connectivity index (χ2n) is 5.38. The minimum atomic E-state index is 0.424. The van der Waals surface area contributed by atoms with Crippen LogP contribution in [0.25, 0.3) is 11.1 Å². The Labute approximate surface area is 120 Å². The lowest BCUT2D eigenvalue weighted by molar-refractivity contribution is 0.0819. The van der Waals surface area contributed by atoms with Gasteiger partial charge >= 0.3 is 0 Å². The first-order valence-corrected chi connectivity index (χ1v) is 7.13. The molecular weight excluding hydrogens is 250 g/mol. The predicted octanol–water partition coefficient (Wildman–Crippen LogP) is 2.70. The summed E-state index contributed by atoms with van der Waals surface area (Å²) in [5.41, 5.74) is 3.69. The Morgan fingerprint density at radius 3 is 2.65 bits per heavy atom. The van der Waals surface area contributed by atoms with E-state index >= 15 is 0 Å². The lowest BCUT2D eigenvalue weighted by atomic mass is 10.0. The molecule has 3 rings (SSSR count). The molecule has 1 aliphatic rings. The first-order valence-electron chi connectivity index (χ1n) is 7.13. The van der Waals surface area contributed by atoms with Gasteiger partial charge in [-0.3, -0.25) is 4.68 Å². The van der Waals surface area contributed by atoms with Crippen molar-refractivity contribution in [2.24, 2.45) is 7.05 Å². The Bertz CT molecular complexity index is 571. The van der Waals surface area contributed by atoms with Crippen LogP contribution in [-0.2, 0) is 11.8 Å². The van der Waals surface area contributed by atoms with E-state index in [-0.39, 0.29) is 0 Å². The van der Waals surface area contributed by atoms with Crippen molar-refractivity contribution in [1.29, 1.82) is 0 Å². The van der Waals surface area contributed by atoms with Crippen molar-refractivity contribution in [3.63, 3.8) is 0 Å². The number of aromatic nitrogens is 2. The van der Waals surface area contributed by atoms with Gasteiger partial charge in [0.2, 0.25) is 0 Å². The highest BCUT2D eigenvalue weighted by atomic mass is 16.5. The zero-order valence-electron chi connectivity index (χ0n) is 12.1. The maximum atomic E-state index is 5.43. The van der Waals surface area contributed by atoms with Crippen molar-refractivity contribution in [1.82, 2.24) is 9.78 Å². The highest BCUT2D eigenvalue weighted by Crippen LogP contribution is 2.26. The first kappa shape index (κ1) is 13.2. The molecule has 1 fully saturated rings. The molecule has 1 aliphatic heterocycles. The molecule has 0 amide bonds. The average molecular weight is 271 g/mol. The molecule has 20 heavy (non-hydrogen) atoms. The van der Waals surface area contributed by atoms with E-state index in [0.717, 1.165) is 25.9 Å². The lowest BCUT2D eigenvalue weighted by Gasteiger charge is -2.33. The summed E-state index contributed by atoms with van der Waals surface area (Å²) in [5, 5.41) is 4.24. The molecule has 0 radical (unpaired) electrons. The number of hydrogen-bond donors (Lipinski definition) is 0. The number of hydrogen-bond acceptors (Lipinski definition) is 3. The Morgan fingerprint density at radius 2 is 2.00 bits per heavy atom. The fourth-order valence-electron chi connectivity index (χ4n) is 2.80. The molecule has 0 unspecified atom stereocenters. The SMILES string of the molecule is COC1CCN(c2cccc(-c3cnn(C)c3)c2)CC1. The van der Waals surface area contributed by atoms with Crippen molar-refractivity contribution in [2.75, 3.05) is 25.1 Å². The topological polar surface area (TPSA) is 30.3 Å². The summed E-state index contributed by atoms with van der Waals surface area (Å²) >= 11 is 0. The molecule has 1 aromatic heterocycles. The van der Waals surface area contributed by atoms with Gasteiger partial charge in [0.1, 0.15) is 0 Å². The van der Waals surface area contributed by atoms with Crippen LogP contribution in [0.1, 0.15) is 12.8 Å². The maximum Gasteiger partial charge on any atom is 0.0605 e. The van der Waals surface area contributed by atoms with Gasteiger partial charge in [-0.25, -0.2) is 0 Å². The maximum absolute atomic E-state index is 5.43. The molecular formula is C16H21N3O. The largest absolute Gasteiger partial charge is 0.381 e. The molecule has 1 saturated heterocycles. The van der Waals surface area contributed by atoms with Gasteiger partial charge in [-0.05, 0) is 30.5 Å². The third kappa shape index (κ3) is 2.70. The number of aryl methyl sites for hydroxylation is 1. The average Bonchev–Trinajstić information content (AvgIpc) is 2.94. The highest BCUT2D eigenvalue weighted by molar-refractivity contribution is 5.67. The first-order chi connectivity index (χ1) is 9.76. The summed E-state index contributed by atoms with van der Waals surface area (Å²) in [7, 11) is 3.76. The summed E-state index contributed by atoms with van der Waals surface area (Å²) in [5.74, 6) is 0. The zero-order chi connectivity index (χ0) is 13.9. The van der Waals surface area contributed by atoms with Gasteiger partial charge in [0.05, 0.1) is 12.3 Å². The summed E-state index contributed by atoms with van der Waals surface area (Å²) in [6, 6.07) is 8.71. The highest BCUT2D eigenvalue weighted by Gasteiger charge is 2.19. The van der Waals surface area contributed by atoms with Crippen LogP contribution in [0, 0.1) is 0 Å². The normalized spacial score (nSPS) is 16.6. The van der Waals surface area contributed by atoms with E-state index < -0.39 is 0 Å². The van der Waals surface area contributed by atoms with Gasteiger partial charge in [-0.2, -0.15) is 5.10 Å². The Morgan fingerprint density at radius 1 is 1.20 bits per heavy atom. The lowest BCUT2D eigenvalue weighted by Crippen LogP contribution is -2.36. The second kappa shape index (κ2) is 5.67. The summed E-state index contributed by atoms with van der Waals surface area (Å²) < 4.78 is 7.27. The summed E-state index contributed by atoms with van der Waals surface area (Å²) in [6.45, 7) is 2.13. The van der Waals surface area contributed by atoms with Gasteiger partial charge in [-0.15, -0.1) is 0 Å². The third-order valence-corrected chi connectivity index (χ3v) is 4.02. The van der Waals surface area contributed by atoms with Gasteiger partial charge < -0.3 is 9.64 Å². The molecule has 0 spiro atoms. The van der Waals surface area contributed by atoms with Crippen molar-refractivity contribution in [3.05, 3.63) is 36.7 Å². The van der Waals surface area contributed by atoms with Gasteiger partial charge in [0.15, 0.2) is 0 Å². The molecule has 0 N–H and O–H groups in total. The van der Waals surface area contributed by atoms with Gasteiger partial charge in [0, 0.05) is 44.7 Å². The van der Waals surface area contributed by atoms with Gasteiger partial charge in [0.25, 0.3) is 0 Å². The fraction of sp³-hybridized carbons (Fsp3) is 0.438. The number of nitrogens with zero attached hydrogens (tertiary/aromatic N) is 3. The van der Waals surface area contributed by atoms with E-state index in [1.807, 2.05) is 25.0 Å². The number of ether oxygens (including phenoxy) is 1. The van der Waals surface area contributed by atoms with E-state index in [1.165, 1.54) is 16.8 Å². The molecule has 0 bridgehead atoms. The van der Waals surface area contributed by atoms with E-state index in [4.69, 9.17) is 4.74 Å². The molecule has 2 aromatic rings. The Balaban J connectivity index is 1.78. The number of anilines is 1. The fourth-order valence-corrected chi connectivity index (χ4v) is 2.80. The third-order valence-electron chi connectivity index (χ3n) is 4.02. The van der Waals surface area contributed by atoms with E-state index in [1.54, 1.807) is 0 Å².